The van der Waals surface area contributed by atoms with Crippen LogP contribution < -0.4 is 4.74 Å². The van der Waals surface area contributed by atoms with Crippen molar-refractivity contribution in [3.63, 3.8) is 0 Å². The minimum Gasteiger partial charge on any atom is -0.489 e. The number of halogens is 1. The minimum atomic E-state index is -0.682. The van der Waals surface area contributed by atoms with Gasteiger partial charge in [0.2, 0.25) is 0 Å². The van der Waals surface area contributed by atoms with Crippen molar-refractivity contribution in [3.05, 3.63) is 28.8 Å². The van der Waals surface area contributed by atoms with Crippen LogP contribution in [0.25, 0.3) is 0 Å². The highest BCUT2D eigenvalue weighted by atomic mass is 35.5. The summed E-state index contributed by atoms with van der Waals surface area (Å²) in [5, 5.41) is 18.7. The highest BCUT2D eigenvalue weighted by Gasteiger charge is 2.07. The van der Waals surface area contributed by atoms with Crippen LogP contribution in [0.4, 0.5) is 0 Å². The summed E-state index contributed by atoms with van der Waals surface area (Å²) in [5.74, 6) is 0.481. The monoisotopic (exact) mass is 246 g/mol. The van der Waals surface area contributed by atoms with Crippen LogP contribution in [-0.2, 0) is 11.3 Å². The molecule has 0 aliphatic carbocycles. The van der Waals surface area contributed by atoms with Gasteiger partial charge in [-0.2, -0.15) is 0 Å². The molecule has 5 heteroatoms. The fourth-order valence-corrected chi connectivity index (χ4v) is 1.44. The van der Waals surface area contributed by atoms with Crippen LogP contribution in [0.5, 0.6) is 5.75 Å². The third-order valence-electron chi connectivity index (χ3n) is 1.97. The van der Waals surface area contributed by atoms with E-state index in [2.05, 4.69) is 0 Å². The molecule has 0 amide bonds. The summed E-state index contributed by atoms with van der Waals surface area (Å²) >= 11 is 5.92. The van der Waals surface area contributed by atoms with E-state index in [9.17, 15) is 5.11 Å². The third kappa shape index (κ3) is 3.98. The largest absolute Gasteiger partial charge is 0.489 e. The lowest BCUT2D eigenvalue weighted by atomic mass is 10.2. The van der Waals surface area contributed by atoms with E-state index in [4.69, 9.17) is 26.2 Å². The van der Waals surface area contributed by atoms with Gasteiger partial charge >= 0.3 is 0 Å². The van der Waals surface area contributed by atoms with E-state index in [1.807, 2.05) is 0 Å². The molecule has 0 fully saturated rings. The van der Waals surface area contributed by atoms with Gasteiger partial charge in [0.15, 0.2) is 0 Å². The van der Waals surface area contributed by atoms with Gasteiger partial charge in [-0.05, 0) is 17.7 Å². The van der Waals surface area contributed by atoms with Crippen molar-refractivity contribution in [2.24, 2.45) is 0 Å². The molecule has 16 heavy (non-hydrogen) atoms. The number of methoxy groups -OCH3 is 1. The Bertz CT molecular complexity index is 330. The molecule has 1 unspecified atom stereocenters. The van der Waals surface area contributed by atoms with Crippen molar-refractivity contribution in [3.8, 4) is 5.75 Å². The molecule has 1 aromatic rings. The molecule has 0 heterocycles. The van der Waals surface area contributed by atoms with E-state index in [1.165, 1.54) is 7.11 Å². The molecule has 0 aromatic heterocycles. The second-order valence-electron chi connectivity index (χ2n) is 3.34. The molecule has 0 spiro atoms. The molecule has 1 atom stereocenters. The first-order valence-corrected chi connectivity index (χ1v) is 5.24. The predicted octanol–water partition coefficient (Wildman–Crippen LogP) is 1.22. The number of hydrogen-bond acceptors (Lipinski definition) is 4. The number of ether oxygens (including phenoxy) is 2. The Labute approximate surface area is 99.4 Å². The minimum absolute atomic E-state index is 0.0632. The predicted molar refractivity (Wildman–Crippen MR) is 60.8 cm³/mol. The first-order valence-electron chi connectivity index (χ1n) is 4.86. The van der Waals surface area contributed by atoms with E-state index in [-0.39, 0.29) is 19.8 Å². The zero-order valence-corrected chi connectivity index (χ0v) is 9.78. The number of benzene rings is 1. The average Bonchev–Trinajstić information content (AvgIpc) is 2.27. The van der Waals surface area contributed by atoms with Crippen molar-refractivity contribution in [2.45, 2.75) is 12.7 Å². The van der Waals surface area contributed by atoms with Crippen LogP contribution in [0.15, 0.2) is 18.2 Å². The molecule has 1 rings (SSSR count). The number of hydrogen-bond donors (Lipinski definition) is 2. The third-order valence-corrected chi connectivity index (χ3v) is 2.26. The summed E-state index contributed by atoms with van der Waals surface area (Å²) in [6.07, 6.45) is -0.682. The van der Waals surface area contributed by atoms with Crippen molar-refractivity contribution in [1.29, 1.82) is 0 Å². The maximum Gasteiger partial charge on any atom is 0.138 e. The Balaban J connectivity index is 2.54. The second-order valence-corrected chi connectivity index (χ2v) is 3.75. The van der Waals surface area contributed by atoms with Crippen LogP contribution in [0.2, 0.25) is 5.02 Å². The molecule has 0 aliphatic heterocycles. The molecule has 1 aromatic carbocycles. The molecule has 4 nitrogen and oxygen atoms in total. The summed E-state index contributed by atoms with van der Waals surface area (Å²) in [7, 11) is 1.51. The maximum absolute atomic E-state index is 9.37. The molecule has 0 bridgehead atoms. The first-order chi connectivity index (χ1) is 7.67. The van der Waals surface area contributed by atoms with E-state index in [1.54, 1.807) is 18.2 Å². The molecule has 2 N–H and O–H groups in total. The molecule has 0 saturated heterocycles. The van der Waals surface area contributed by atoms with Gasteiger partial charge in [-0.25, -0.2) is 0 Å². The highest BCUT2D eigenvalue weighted by molar-refractivity contribution is 6.32. The van der Waals surface area contributed by atoms with Gasteiger partial charge in [-0.3, -0.25) is 0 Å². The lowest BCUT2D eigenvalue weighted by molar-refractivity contribution is 0.0326. The molecule has 0 saturated carbocycles. The van der Waals surface area contributed by atoms with Crippen LogP contribution in [0.1, 0.15) is 5.56 Å². The van der Waals surface area contributed by atoms with Crippen LogP contribution in [0.3, 0.4) is 0 Å². The summed E-state index contributed by atoms with van der Waals surface area (Å²) < 4.78 is 10.1. The topological polar surface area (TPSA) is 58.9 Å². The van der Waals surface area contributed by atoms with Gasteiger partial charge in [0.1, 0.15) is 18.5 Å². The van der Waals surface area contributed by atoms with Crippen molar-refractivity contribution < 1.29 is 19.7 Å². The molecular formula is C11H15ClO4. The molecule has 0 radical (unpaired) electrons. The quantitative estimate of drug-likeness (QED) is 0.792. The summed E-state index contributed by atoms with van der Waals surface area (Å²) in [6.45, 7) is 0.269. The van der Waals surface area contributed by atoms with Crippen molar-refractivity contribution in [1.82, 2.24) is 0 Å². The average molecular weight is 247 g/mol. The lowest BCUT2D eigenvalue weighted by Gasteiger charge is -2.12. The Kier molecular flexibility index (Phi) is 5.55. The number of aliphatic hydroxyl groups is 2. The van der Waals surface area contributed by atoms with Gasteiger partial charge in [-0.15, -0.1) is 0 Å². The Hall–Kier alpha value is -0.810. The standard InChI is InChI=1S/C11H15ClO4/c1-15-6-9(14)7-16-11-3-2-8(5-13)4-10(11)12/h2-4,9,13-14H,5-7H2,1H3. The number of aliphatic hydroxyl groups excluding tert-OH is 2. The Morgan fingerprint density at radius 1 is 1.38 bits per heavy atom. The maximum atomic E-state index is 9.37. The fourth-order valence-electron chi connectivity index (χ4n) is 1.19. The summed E-state index contributed by atoms with van der Waals surface area (Å²) in [4.78, 5) is 0. The SMILES string of the molecule is COCC(O)COc1ccc(CO)cc1Cl. The van der Waals surface area contributed by atoms with E-state index in [0.717, 1.165) is 5.56 Å². The Morgan fingerprint density at radius 2 is 2.12 bits per heavy atom. The summed E-state index contributed by atoms with van der Waals surface area (Å²) in [6, 6.07) is 5.00. The number of rotatable bonds is 6. The van der Waals surface area contributed by atoms with E-state index >= 15 is 0 Å². The van der Waals surface area contributed by atoms with E-state index in [0.29, 0.717) is 10.8 Å². The summed E-state index contributed by atoms with van der Waals surface area (Å²) in [5.41, 5.74) is 0.717. The van der Waals surface area contributed by atoms with E-state index < -0.39 is 6.10 Å². The van der Waals surface area contributed by atoms with Crippen molar-refractivity contribution >= 4 is 11.6 Å². The zero-order chi connectivity index (χ0) is 12.0. The van der Waals surface area contributed by atoms with Crippen LogP contribution >= 0.6 is 11.6 Å². The normalized spacial score (nSPS) is 12.5. The second kappa shape index (κ2) is 6.70. The molecular weight excluding hydrogens is 232 g/mol. The van der Waals surface area contributed by atoms with Crippen LogP contribution in [-0.4, -0.2) is 36.6 Å². The molecule has 0 aliphatic rings. The Morgan fingerprint density at radius 3 is 2.69 bits per heavy atom. The van der Waals surface area contributed by atoms with Gasteiger partial charge in [0, 0.05) is 7.11 Å². The first kappa shape index (κ1) is 13.3. The lowest BCUT2D eigenvalue weighted by Crippen LogP contribution is -2.22. The van der Waals surface area contributed by atoms with Crippen LogP contribution in [0, 0.1) is 0 Å². The fraction of sp³-hybridized carbons (Fsp3) is 0.455. The molecule has 90 valence electrons. The van der Waals surface area contributed by atoms with Gasteiger partial charge in [0.05, 0.1) is 18.2 Å². The van der Waals surface area contributed by atoms with Crippen molar-refractivity contribution in [2.75, 3.05) is 20.3 Å². The van der Waals surface area contributed by atoms with Gasteiger partial charge < -0.3 is 19.7 Å². The van der Waals surface area contributed by atoms with Gasteiger partial charge in [-0.1, -0.05) is 17.7 Å². The zero-order valence-electron chi connectivity index (χ0n) is 9.02. The highest BCUT2D eigenvalue weighted by Crippen LogP contribution is 2.25. The smallest absolute Gasteiger partial charge is 0.138 e. The van der Waals surface area contributed by atoms with Gasteiger partial charge in [0.25, 0.3) is 0 Å².